The number of benzene rings is 1. The summed E-state index contributed by atoms with van der Waals surface area (Å²) in [4.78, 5) is 0. The maximum atomic E-state index is 12.0. The van der Waals surface area contributed by atoms with Crippen LogP contribution in [0, 0.1) is 11.8 Å². The van der Waals surface area contributed by atoms with Gasteiger partial charge in [0.15, 0.2) is 0 Å². The molecule has 0 aliphatic carbocycles. The van der Waals surface area contributed by atoms with Crippen LogP contribution in [0.25, 0.3) is 0 Å². The zero-order valence-electron chi connectivity index (χ0n) is 11.9. The third kappa shape index (κ3) is 4.62. The molecule has 110 valence electrons. The Morgan fingerprint density at radius 2 is 2.00 bits per heavy atom. The molecule has 6 heteroatoms. The van der Waals surface area contributed by atoms with Gasteiger partial charge in [0.05, 0.1) is 0 Å². The summed E-state index contributed by atoms with van der Waals surface area (Å²) in [5.74, 6) is 5.36. The SMILES string of the molecule is CC(C)N(C)S(=O)(=O)NCc1ccccc1C#CCO. The second kappa shape index (κ2) is 7.41. The smallest absolute Gasteiger partial charge is 0.279 e. The molecule has 1 aromatic rings. The van der Waals surface area contributed by atoms with Gasteiger partial charge in [-0.2, -0.15) is 17.4 Å². The van der Waals surface area contributed by atoms with E-state index in [4.69, 9.17) is 5.11 Å². The Kier molecular flexibility index (Phi) is 6.17. The van der Waals surface area contributed by atoms with Crippen molar-refractivity contribution in [3.63, 3.8) is 0 Å². The highest BCUT2D eigenvalue weighted by Gasteiger charge is 2.19. The van der Waals surface area contributed by atoms with Crippen molar-refractivity contribution in [2.24, 2.45) is 0 Å². The molecule has 0 aliphatic heterocycles. The van der Waals surface area contributed by atoms with Gasteiger partial charge in [0, 0.05) is 25.2 Å². The van der Waals surface area contributed by atoms with E-state index in [1.165, 1.54) is 11.4 Å². The summed E-state index contributed by atoms with van der Waals surface area (Å²) in [6.07, 6.45) is 0. The van der Waals surface area contributed by atoms with Gasteiger partial charge in [0.2, 0.25) is 0 Å². The van der Waals surface area contributed by atoms with Crippen molar-refractivity contribution in [1.29, 1.82) is 0 Å². The predicted octanol–water partition coefficient (Wildman–Crippen LogP) is 0.705. The van der Waals surface area contributed by atoms with Crippen LogP contribution in [-0.2, 0) is 16.8 Å². The van der Waals surface area contributed by atoms with Gasteiger partial charge in [0.25, 0.3) is 10.2 Å². The molecular formula is C14H20N2O3S. The molecule has 2 N–H and O–H groups in total. The van der Waals surface area contributed by atoms with Gasteiger partial charge in [-0.3, -0.25) is 0 Å². The van der Waals surface area contributed by atoms with Crippen LogP contribution in [0.4, 0.5) is 0 Å². The molecule has 1 aromatic carbocycles. The van der Waals surface area contributed by atoms with Crippen molar-refractivity contribution in [3.8, 4) is 11.8 Å². The molecule has 0 atom stereocenters. The van der Waals surface area contributed by atoms with Crippen molar-refractivity contribution in [2.45, 2.75) is 26.4 Å². The van der Waals surface area contributed by atoms with Gasteiger partial charge in [-0.15, -0.1) is 0 Å². The van der Waals surface area contributed by atoms with Crippen LogP contribution in [0.1, 0.15) is 25.0 Å². The molecule has 0 fully saturated rings. The van der Waals surface area contributed by atoms with Crippen LogP contribution in [0.2, 0.25) is 0 Å². The Morgan fingerprint density at radius 3 is 2.60 bits per heavy atom. The second-order valence-electron chi connectivity index (χ2n) is 4.55. The van der Waals surface area contributed by atoms with E-state index in [-0.39, 0.29) is 19.2 Å². The molecular weight excluding hydrogens is 276 g/mol. The lowest BCUT2D eigenvalue weighted by molar-refractivity contribution is 0.350. The van der Waals surface area contributed by atoms with Crippen LogP contribution in [-0.4, -0.2) is 37.5 Å². The van der Waals surface area contributed by atoms with E-state index in [0.717, 1.165) is 5.56 Å². The summed E-state index contributed by atoms with van der Waals surface area (Å²) in [5, 5.41) is 8.72. The Balaban J connectivity index is 2.85. The van der Waals surface area contributed by atoms with E-state index in [9.17, 15) is 8.42 Å². The van der Waals surface area contributed by atoms with Crippen LogP contribution in [0.3, 0.4) is 0 Å². The lowest BCUT2D eigenvalue weighted by Gasteiger charge is -2.21. The molecule has 20 heavy (non-hydrogen) atoms. The summed E-state index contributed by atoms with van der Waals surface area (Å²) in [6.45, 7) is 3.55. The summed E-state index contributed by atoms with van der Waals surface area (Å²) in [6, 6.07) is 7.12. The monoisotopic (exact) mass is 296 g/mol. The van der Waals surface area contributed by atoms with Gasteiger partial charge in [-0.05, 0) is 25.5 Å². The van der Waals surface area contributed by atoms with E-state index in [0.29, 0.717) is 5.56 Å². The first-order chi connectivity index (χ1) is 9.38. The normalized spacial score (nSPS) is 11.5. The van der Waals surface area contributed by atoms with Crippen LogP contribution in [0.5, 0.6) is 0 Å². The molecule has 1 rings (SSSR count). The zero-order chi connectivity index (χ0) is 15.2. The molecule has 5 nitrogen and oxygen atoms in total. The molecule has 0 spiro atoms. The van der Waals surface area contributed by atoms with Gasteiger partial charge in [-0.1, -0.05) is 30.0 Å². The lowest BCUT2D eigenvalue weighted by atomic mass is 10.1. The number of nitrogens with one attached hydrogen (secondary N) is 1. The van der Waals surface area contributed by atoms with E-state index in [1.807, 2.05) is 12.1 Å². The number of hydrogen-bond acceptors (Lipinski definition) is 3. The quantitative estimate of drug-likeness (QED) is 0.786. The van der Waals surface area contributed by atoms with E-state index >= 15 is 0 Å². The summed E-state index contributed by atoms with van der Waals surface area (Å²) < 4.78 is 27.8. The number of rotatable bonds is 5. The van der Waals surface area contributed by atoms with Crippen molar-refractivity contribution >= 4 is 10.2 Å². The highest BCUT2D eigenvalue weighted by molar-refractivity contribution is 7.87. The predicted molar refractivity (Wildman–Crippen MR) is 79.1 cm³/mol. The summed E-state index contributed by atoms with van der Waals surface area (Å²) in [7, 11) is -1.98. The highest BCUT2D eigenvalue weighted by Crippen LogP contribution is 2.09. The van der Waals surface area contributed by atoms with Crippen molar-refractivity contribution in [1.82, 2.24) is 9.03 Å². The Morgan fingerprint density at radius 1 is 1.35 bits per heavy atom. The highest BCUT2D eigenvalue weighted by atomic mass is 32.2. The van der Waals surface area contributed by atoms with Gasteiger partial charge in [0.1, 0.15) is 6.61 Å². The maximum Gasteiger partial charge on any atom is 0.279 e. The van der Waals surface area contributed by atoms with Crippen molar-refractivity contribution in [2.75, 3.05) is 13.7 Å². The number of aliphatic hydroxyl groups excluding tert-OH is 1. The van der Waals surface area contributed by atoms with Gasteiger partial charge >= 0.3 is 0 Å². The minimum Gasteiger partial charge on any atom is -0.384 e. The first-order valence-corrected chi connectivity index (χ1v) is 7.72. The molecule has 0 unspecified atom stereocenters. The molecule has 0 amide bonds. The third-order valence-corrected chi connectivity index (χ3v) is 4.56. The lowest BCUT2D eigenvalue weighted by Crippen LogP contribution is -2.41. The maximum absolute atomic E-state index is 12.0. The number of hydrogen-bond donors (Lipinski definition) is 2. The Hall–Kier alpha value is -1.39. The Labute approximate surface area is 120 Å². The third-order valence-electron chi connectivity index (χ3n) is 2.87. The van der Waals surface area contributed by atoms with E-state index < -0.39 is 10.2 Å². The first-order valence-electron chi connectivity index (χ1n) is 6.28. The van der Waals surface area contributed by atoms with E-state index in [1.54, 1.807) is 26.0 Å². The molecule has 0 radical (unpaired) electrons. The summed E-state index contributed by atoms with van der Waals surface area (Å²) in [5.41, 5.74) is 1.48. The van der Waals surface area contributed by atoms with Gasteiger partial charge < -0.3 is 5.11 Å². The topological polar surface area (TPSA) is 69.6 Å². The average Bonchev–Trinajstić information content (AvgIpc) is 2.42. The molecule has 0 saturated carbocycles. The zero-order valence-corrected chi connectivity index (χ0v) is 12.7. The fraction of sp³-hybridized carbons (Fsp3) is 0.429. The minimum atomic E-state index is -3.51. The largest absolute Gasteiger partial charge is 0.384 e. The number of aliphatic hydroxyl groups is 1. The van der Waals surface area contributed by atoms with Crippen LogP contribution < -0.4 is 4.72 Å². The first kappa shape index (κ1) is 16.7. The fourth-order valence-electron chi connectivity index (χ4n) is 1.48. The second-order valence-corrected chi connectivity index (χ2v) is 6.37. The standard InChI is InChI=1S/C14H20N2O3S/c1-12(2)16(3)20(18,19)15-11-14-8-5-4-7-13(14)9-6-10-17/h4-5,7-8,12,15,17H,10-11H2,1-3H3. The van der Waals surface area contributed by atoms with E-state index in [2.05, 4.69) is 16.6 Å². The minimum absolute atomic E-state index is 0.114. The van der Waals surface area contributed by atoms with Crippen LogP contribution >= 0.6 is 0 Å². The van der Waals surface area contributed by atoms with Crippen LogP contribution in [0.15, 0.2) is 24.3 Å². The Bertz CT molecular complexity index is 600. The van der Waals surface area contributed by atoms with Gasteiger partial charge in [-0.25, -0.2) is 0 Å². The summed E-state index contributed by atoms with van der Waals surface area (Å²) >= 11 is 0. The molecule has 0 aliphatic rings. The average molecular weight is 296 g/mol. The molecule has 0 heterocycles. The van der Waals surface area contributed by atoms with Crippen molar-refractivity contribution in [3.05, 3.63) is 35.4 Å². The fourth-order valence-corrected chi connectivity index (χ4v) is 2.58. The number of nitrogens with zero attached hydrogens (tertiary/aromatic N) is 1. The van der Waals surface area contributed by atoms with Crippen molar-refractivity contribution < 1.29 is 13.5 Å². The molecule has 0 saturated heterocycles. The molecule has 0 bridgehead atoms. The molecule has 0 aromatic heterocycles.